The lowest BCUT2D eigenvalue weighted by Gasteiger charge is -2.19. The van der Waals surface area contributed by atoms with Gasteiger partial charge in [-0.1, -0.05) is 6.07 Å². The molecule has 0 fully saturated rings. The highest BCUT2D eigenvalue weighted by Crippen LogP contribution is 2.13. The number of alkyl carbamates (subject to hydrolysis) is 1. The number of benzene rings is 1. The van der Waals surface area contributed by atoms with Crippen molar-refractivity contribution < 1.29 is 28.5 Å². The van der Waals surface area contributed by atoms with Crippen LogP contribution in [0, 0.1) is 0 Å². The smallest absolute Gasteiger partial charge is 0.407 e. The molecule has 0 aromatic heterocycles. The van der Waals surface area contributed by atoms with Gasteiger partial charge in [0, 0.05) is 6.54 Å². The van der Waals surface area contributed by atoms with Crippen molar-refractivity contribution >= 4 is 12.1 Å². The molecule has 24 heavy (non-hydrogen) atoms. The molecule has 1 amide bonds. The number of carbonyl (C=O) groups excluding carboxylic acids is 2. The lowest BCUT2D eigenvalue weighted by molar-refractivity contribution is 0.0487. The summed E-state index contributed by atoms with van der Waals surface area (Å²) in [6, 6.07) is 6.72. The van der Waals surface area contributed by atoms with E-state index in [2.05, 4.69) is 10.1 Å². The van der Waals surface area contributed by atoms with Crippen molar-refractivity contribution in [2.75, 3.05) is 33.5 Å². The Labute approximate surface area is 142 Å². The van der Waals surface area contributed by atoms with E-state index < -0.39 is 17.7 Å². The number of ether oxygens (including phenoxy) is 4. The van der Waals surface area contributed by atoms with E-state index in [0.29, 0.717) is 37.7 Å². The van der Waals surface area contributed by atoms with Crippen LogP contribution in [0.2, 0.25) is 0 Å². The number of hydrogen-bond acceptors (Lipinski definition) is 6. The van der Waals surface area contributed by atoms with E-state index >= 15 is 0 Å². The van der Waals surface area contributed by atoms with Crippen LogP contribution in [0.1, 0.15) is 31.1 Å². The molecule has 0 spiro atoms. The van der Waals surface area contributed by atoms with Gasteiger partial charge in [-0.15, -0.1) is 0 Å². The number of esters is 1. The topological polar surface area (TPSA) is 83.1 Å². The van der Waals surface area contributed by atoms with Gasteiger partial charge in [0.05, 0.1) is 25.9 Å². The molecular weight excluding hydrogens is 314 g/mol. The normalized spacial score (nSPS) is 10.8. The number of methoxy groups -OCH3 is 1. The monoisotopic (exact) mass is 339 g/mol. The van der Waals surface area contributed by atoms with Gasteiger partial charge in [0.2, 0.25) is 0 Å². The summed E-state index contributed by atoms with van der Waals surface area (Å²) < 4.78 is 20.6. The molecule has 1 aromatic carbocycles. The molecule has 0 atom stereocenters. The van der Waals surface area contributed by atoms with Gasteiger partial charge in [0.1, 0.15) is 18.0 Å². The number of rotatable bonds is 8. The summed E-state index contributed by atoms with van der Waals surface area (Å²) in [6.07, 6.45) is -0.470. The fraction of sp³-hybridized carbons (Fsp3) is 0.529. The van der Waals surface area contributed by atoms with Gasteiger partial charge < -0.3 is 24.3 Å². The maximum Gasteiger partial charge on any atom is 0.407 e. The Hall–Kier alpha value is -2.28. The first-order valence-corrected chi connectivity index (χ1v) is 7.67. The molecule has 1 N–H and O–H groups in total. The van der Waals surface area contributed by atoms with Crippen LogP contribution in [0.15, 0.2) is 24.3 Å². The molecule has 134 valence electrons. The van der Waals surface area contributed by atoms with Gasteiger partial charge in [-0.05, 0) is 39.0 Å². The highest BCUT2D eigenvalue weighted by Gasteiger charge is 2.15. The zero-order valence-electron chi connectivity index (χ0n) is 14.6. The van der Waals surface area contributed by atoms with E-state index in [9.17, 15) is 9.59 Å². The first-order valence-electron chi connectivity index (χ1n) is 7.67. The number of hydrogen-bond donors (Lipinski definition) is 1. The summed E-state index contributed by atoms with van der Waals surface area (Å²) in [4.78, 5) is 22.8. The third-order valence-corrected chi connectivity index (χ3v) is 2.67. The van der Waals surface area contributed by atoms with Crippen LogP contribution in [0.3, 0.4) is 0 Å². The molecule has 0 saturated heterocycles. The maximum atomic E-state index is 11.4. The van der Waals surface area contributed by atoms with Crippen molar-refractivity contribution in [3.63, 3.8) is 0 Å². The summed E-state index contributed by atoms with van der Waals surface area (Å²) in [5.41, 5.74) is -0.0881. The van der Waals surface area contributed by atoms with Gasteiger partial charge in [-0.3, -0.25) is 0 Å². The third kappa shape index (κ3) is 8.38. The Morgan fingerprint density at radius 1 is 1.12 bits per heavy atom. The van der Waals surface area contributed by atoms with E-state index in [0.717, 1.165) is 0 Å². The first kappa shape index (κ1) is 19.8. The first-order chi connectivity index (χ1) is 11.3. The highest BCUT2D eigenvalue weighted by molar-refractivity contribution is 5.89. The highest BCUT2D eigenvalue weighted by atomic mass is 16.6. The fourth-order valence-corrected chi connectivity index (χ4v) is 1.69. The molecule has 0 radical (unpaired) electrons. The summed E-state index contributed by atoms with van der Waals surface area (Å²) in [6.45, 7) is 6.80. The van der Waals surface area contributed by atoms with Gasteiger partial charge in [-0.2, -0.15) is 0 Å². The summed E-state index contributed by atoms with van der Waals surface area (Å²) in [7, 11) is 1.33. The van der Waals surface area contributed by atoms with Crippen molar-refractivity contribution in [2.45, 2.75) is 26.4 Å². The molecule has 0 saturated carbocycles. The Kier molecular flexibility index (Phi) is 8.05. The molecule has 0 bridgehead atoms. The lowest BCUT2D eigenvalue weighted by Crippen LogP contribution is -2.34. The van der Waals surface area contributed by atoms with E-state index in [4.69, 9.17) is 14.2 Å². The second-order valence-electron chi connectivity index (χ2n) is 5.91. The SMILES string of the molecule is COC(=O)c1cccc(OCCOCCNC(=O)OC(C)(C)C)c1. The van der Waals surface area contributed by atoms with Gasteiger partial charge in [0.15, 0.2) is 0 Å². The van der Waals surface area contributed by atoms with Crippen LogP contribution in [-0.2, 0) is 14.2 Å². The molecular formula is C17H25NO6. The summed E-state index contributed by atoms with van der Waals surface area (Å²) in [5.74, 6) is 0.151. The zero-order chi connectivity index (χ0) is 18.0. The molecule has 0 unspecified atom stereocenters. The minimum Gasteiger partial charge on any atom is -0.491 e. The molecule has 1 rings (SSSR count). The predicted molar refractivity (Wildman–Crippen MR) is 88.3 cm³/mol. The Bertz CT molecular complexity index is 538. The van der Waals surface area contributed by atoms with Crippen molar-refractivity contribution in [3.8, 4) is 5.75 Å². The number of nitrogens with one attached hydrogen (secondary N) is 1. The van der Waals surface area contributed by atoms with Crippen molar-refractivity contribution in [1.82, 2.24) is 5.32 Å². The van der Waals surface area contributed by atoms with Crippen LogP contribution in [0.4, 0.5) is 4.79 Å². The average molecular weight is 339 g/mol. The van der Waals surface area contributed by atoms with Crippen LogP contribution >= 0.6 is 0 Å². The fourth-order valence-electron chi connectivity index (χ4n) is 1.69. The Balaban J connectivity index is 2.14. The standard InChI is InChI=1S/C17H25NO6/c1-17(2,3)24-16(20)18-8-9-22-10-11-23-14-7-5-6-13(12-14)15(19)21-4/h5-7,12H,8-11H2,1-4H3,(H,18,20). The predicted octanol–water partition coefficient (Wildman–Crippen LogP) is 2.39. The zero-order valence-corrected chi connectivity index (χ0v) is 14.6. The molecule has 7 heteroatoms. The minimum atomic E-state index is -0.516. The van der Waals surface area contributed by atoms with Gasteiger partial charge >= 0.3 is 12.1 Å². The van der Waals surface area contributed by atoms with Crippen molar-refractivity contribution in [2.24, 2.45) is 0 Å². The molecule has 0 aliphatic carbocycles. The maximum absolute atomic E-state index is 11.4. The van der Waals surface area contributed by atoms with Crippen LogP contribution < -0.4 is 10.1 Å². The Morgan fingerprint density at radius 3 is 2.54 bits per heavy atom. The van der Waals surface area contributed by atoms with E-state index in [1.54, 1.807) is 45.0 Å². The molecule has 7 nitrogen and oxygen atoms in total. The molecule has 0 aliphatic rings. The van der Waals surface area contributed by atoms with E-state index in [-0.39, 0.29) is 0 Å². The number of carbonyl (C=O) groups is 2. The van der Waals surface area contributed by atoms with Gasteiger partial charge in [0.25, 0.3) is 0 Å². The second-order valence-corrected chi connectivity index (χ2v) is 5.91. The van der Waals surface area contributed by atoms with Crippen LogP contribution in [-0.4, -0.2) is 51.1 Å². The molecule has 1 aromatic rings. The largest absolute Gasteiger partial charge is 0.491 e. The molecule has 0 heterocycles. The van der Waals surface area contributed by atoms with Gasteiger partial charge in [-0.25, -0.2) is 9.59 Å². The quantitative estimate of drug-likeness (QED) is 0.578. The summed E-state index contributed by atoms with van der Waals surface area (Å²) in [5, 5.41) is 2.60. The summed E-state index contributed by atoms with van der Waals surface area (Å²) >= 11 is 0. The average Bonchev–Trinajstić information content (AvgIpc) is 2.51. The minimum absolute atomic E-state index is 0.330. The van der Waals surface area contributed by atoms with Crippen molar-refractivity contribution in [3.05, 3.63) is 29.8 Å². The van der Waals surface area contributed by atoms with E-state index in [1.165, 1.54) is 7.11 Å². The molecule has 0 aliphatic heterocycles. The van der Waals surface area contributed by atoms with Crippen molar-refractivity contribution in [1.29, 1.82) is 0 Å². The lowest BCUT2D eigenvalue weighted by atomic mass is 10.2. The second kappa shape index (κ2) is 9.77. The van der Waals surface area contributed by atoms with Crippen LogP contribution in [0.25, 0.3) is 0 Å². The van der Waals surface area contributed by atoms with Crippen LogP contribution in [0.5, 0.6) is 5.75 Å². The van der Waals surface area contributed by atoms with E-state index in [1.807, 2.05) is 0 Å². The third-order valence-electron chi connectivity index (χ3n) is 2.67. The Morgan fingerprint density at radius 2 is 1.88 bits per heavy atom. The number of amides is 1.